The predicted molar refractivity (Wildman–Crippen MR) is 254 cm³/mol. The van der Waals surface area contributed by atoms with Crippen molar-refractivity contribution in [3.63, 3.8) is 0 Å². The van der Waals surface area contributed by atoms with Crippen molar-refractivity contribution in [3.8, 4) is 16.9 Å². The zero-order valence-electron chi connectivity index (χ0n) is 37.6. The minimum atomic E-state index is -1.07. The van der Waals surface area contributed by atoms with Crippen LogP contribution in [0.5, 0.6) is 5.75 Å². The number of aromatic nitrogens is 2. The molecule has 6 heterocycles. The number of phenols is 1. The molecule has 0 radical (unpaired) electrons. The second-order valence-corrected chi connectivity index (χ2v) is 17.7. The molecule has 19 nitrogen and oxygen atoms in total. The lowest BCUT2D eigenvalue weighted by atomic mass is 10.0. The Labute approximate surface area is 401 Å². The number of fused-ring (bicyclic) bond motifs is 2. The number of aromatic hydroxyl groups is 1. The summed E-state index contributed by atoms with van der Waals surface area (Å²) in [6.45, 7) is 7.30. The quantitative estimate of drug-likeness (QED) is 0.0641. The molecule has 2 atom stereocenters. The summed E-state index contributed by atoms with van der Waals surface area (Å²) in [5.41, 5.74) is 4.20. The van der Waals surface area contributed by atoms with E-state index in [0.29, 0.717) is 68.1 Å². The topological polar surface area (TPSA) is 225 Å². The summed E-state index contributed by atoms with van der Waals surface area (Å²) in [6.07, 6.45) is 3.56. The highest BCUT2D eigenvalue weighted by Gasteiger charge is 2.46. The van der Waals surface area contributed by atoms with E-state index < -0.39 is 41.6 Å². The lowest BCUT2D eigenvalue weighted by molar-refractivity contribution is -0.136. The molecule has 0 spiro atoms. The predicted octanol–water partition coefficient (Wildman–Crippen LogP) is 3.93. The first-order chi connectivity index (χ1) is 33.6. The van der Waals surface area contributed by atoms with E-state index in [1.807, 2.05) is 36.5 Å². The van der Waals surface area contributed by atoms with Gasteiger partial charge >= 0.3 is 0 Å². The maximum atomic E-state index is 14.0. The van der Waals surface area contributed by atoms with Crippen LogP contribution < -0.4 is 20.9 Å². The van der Waals surface area contributed by atoms with Crippen LogP contribution >= 0.6 is 11.3 Å². The molecule has 2 saturated heterocycles. The van der Waals surface area contributed by atoms with Crippen LogP contribution in [0.2, 0.25) is 0 Å². The average Bonchev–Trinajstić information content (AvgIpc) is 4.06. The third-order valence-corrected chi connectivity index (χ3v) is 13.2. The summed E-state index contributed by atoms with van der Waals surface area (Å²) in [5, 5.41) is 21.0. The van der Waals surface area contributed by atoms with Gasteiger partial charge in [-0.2, -0.15) is 0 Å². The average molecular weight is 958 g/mol. The fourth-order valence-corrected chi connectivity index (χ4v) is 9.47. The molecule has 358 valence electrons. The van der Waals surface area contributed by atoms with Crippen LogP contribution in [0, 0.1) is 0 Å². The third kappa shape index (κ3) is 10.5. The number of thiazole rings is 1. The van der Waals surface area contributed by atoms with Gasteiger partial charge in [0, 0.05) is 92.4 Å². The minimum Gasteiger partial charge on any atom is -0.508 e. The summed E-state index contributed by atoms with van der Waals surface area (Å²) in [5.74, 6) is -2.16. The fourth-order valence-electron chi connectivity index (χ4n) is 8.94. The Balaban J connectivity index is 0.651. The highest BCUT2D eigenvalue weighted by Crippen LogP contribution is 2.38. The molecule has 0 aliphatic carbocycles. The molecular formula is C49H51N9O10S. The number of rotatable bonds is 20. The lowest BCUT2D eigenvalue weighted by Gasteiger charge is -2.35. The highest BCUT2D eigenvalue weighted by molar-refractivity contribution is 7.13. The third-order valence-electron chi connectivity index (χ3n) is 12.5. The van der Waals surface area contributed by atoms with Crippen LogP contribution in [0.15, 0.2) is 90.6 Å². The number of nitrogens with zero attached hydrogens (tertiary/aromatic N) is 6. The van der Waals surface area contributed by atoms with Gasteiger partial charge in [0.05, 0.1) is 50.8 Å². The molecule has 20 heteroatoms. The van der Waals surface area contributed by atoms with Crippen LogP contribution in [0.3, 0.4) is 0 Å². The Morgan fingerprint density at radius 2 is 1.58 bits per heavy atom. The van der Waals surface area contributed by atoms with Crippen LogP contribution in [0.4, 0.5) is 16.6 Å². The number of carbonyl (C=O) groups excluding carboxylic acids is 6. The van der Waals surface area contributed by atoms with E-state index in [-0.39, 0.29) is 42.2 Å². The first-order valence-corrected chi connectivity index (χ1v) is 23.7. The Morgan fingerprint density at radius 1 is 0.812 bits per heavy atom. The molecule has 4 aliphatic heterocycles. The van der Waals surface area contributed by atoms with Gasteiger partial charge in [0.15, 0.2) is 5.13 Å². The zero-order chi connectivity index (χ0) is 47.9. The van der Waals surface area contributed by atoms with Gasteiger partial charge in [0.2, 0.25) is 11.8 Å². The monoisotopic (exact) mass is 957 g/mol. The standard InChI is InChI=1S/C49H51N9O10S/c59-39-7-2-1-4-34(39)43(45(62)54-49-51-15-27-69-49)57-30-33-9-8-31(28-36(33)46(57)63)32-10-12-40(52-29-32)56-18-16-55(17-19-56)20-22-67-24-26-68-25-23-66-21-14-50-37-6-3-5-35-42(37)48(65)58(47(35)64)38-11-13-41(60)53-44(38)61/h1-10,12,15,27-29,38,43,50,59H,11,13-14,16-26,30H2,(H,51,54,62)(H,53,60,61). The normalized spacial score (nSPS) is 17.5. The van der Waals surface area contributed by atoms with Gasteiger partial charge in [-0.1, -0.05) is 36.4 Å². The summed E-state index contributed by atoms with van der Waals surface area (Å²) in [7, 11) is 0. The Hall–Kier alpha value is -7.10. The Bertz CT molecular complexity index is 2710. The molecule has 6 amide bonds. The number of carbonyl (C=O) groups is 6. The van der Waals surface area contributed by atoms with Crippen LogP contribution in [0.1, 0.15) is 61.1 Å². The number of hydrogen-bond acceptors (Lipinski definition) is 16. The number of pyridine rings is 1. The number of anilines is 3. The maximum Gasteiger partial charge on any atom is 0.264 e. The number of piperidine rings is 1. The minimum absolute atomic E-state index is 0.0578. The van der Waals surface area contributed by atoms with E-state index in [0.717, 1.165) is 60.1 Å². The van der Waals surface area contributed by atoms with Gasteiger partial charge in [0.25, 0.3) is 23.6 Å². The SMILES string of the molecule is O=C1CCC(N2C(=O)c3cccc(NCCOCCOCCOCCN4CCN(c5ccc(-c6ccc7c(c6)C(=O)N(C(C(=O)Nc6nccs6)c6ccccc6O)C7)cn5)CC4)c3C2=O)C(=O)N1. The molecule has 2 aromatic heterocycles. The molecule has 4 aliphatic rings. The summed E-state index contributed by atoms with van der Waals surface area (Å²) in [4.78, 5) is 93.9. The van der Waals surface area contributed by atoms with Crippen molar-refractivity contribution >= 4 is 63.4 Å². The number of ether oxygens (including phenoxy) is 3. The van der Waals surface area contributed by atoms with Crippen molar-refractivity contribution < 1.29 is 48.1 Å². The number of para-hydroxylation sites is 1. The molecular weight excluding hydrogens is 907 g/mol. The van der Waals surface area contributed by atoms with Crippen molar-refractivity contribution in [2.24, 2.45) is 0 Å². The van der Waals surface area contributed by atoms with Gasteiger partial charge in [-0.15, -0.1) is 11.3 Å². The Kier molecular flexibility index (Phi) is 14.6. The van der Waals surface area contributed by atoms with Crippen molar-refractivity contribution in [2.75, 3.05) is 94.4 Å². The van der Waals surface area contributed by atoms with Gasteiger partial charge in [-0.25, -0.2) is 9.97 Å². The van der Waals surface area contributed by atoms with Crippen molar-refractivity contribution in [2.45, 2.75) is 31.5 Å². The van der Waals surface area contributed by atoms with Gasteiger partial charge in [-0.05, 0) is 53.9 Å². The summed E-state index contributed by atoms with van der Waals surface area (Å²) >= 11 is 1.27. The van der Waals surface area contributed by atoms with Crippen molar-refractivity contribution in [3.05, 3.63) is 118 Å². The van der Waals surface area contributed by atoms with E-state index in [1.54, 1.807) is 48.0 Å². The van der Waals surface area contributed by atoms with Gasteiger partial charge < -0.3 is 34.4 Å². The summed E-state index contributed by atoms with van der Waals surface area (Å²) in [6, 6.07) is 19.1. The first-order valence-electron chi connectivity index (χ1n) is 22.8. The van der Waals surface area contributed by atoms with Gasteiger partial charge in [-0.3, -0.25) is 49.2 Å². The smallest absolute Gasteiger partial charge is 0.264 e. The fraction of sp³-hybridized carbons (Fsp3) is 0.347. The molecule has 2 fully saturated rings. The van der Waals surface area contributed by atoms with Crippen molar-refractivity contribution in [1.82, 2.24) is 30.0 Å². The molecule has 3 aromatic carbocycles. The van der Waals surface area contributed by atoms with E-state index in [2.05, 4.69) is 30.7 Å². The number of phenolic OH excluding ortho intramolecular Hbond substituents is 1. The van der Waals surface area contributed by atoms with E-state index >= 15 is 0 Å². The number of imide groups is 2. The zero-order valence-corrected chi connectivity index (χ0v) is 38.5. The molecule has 2 unspecified atom stereocenters. The molecule has 69 heavy (non-hydrogen) atoms. The van der Waals surface area contributed by atoms with E-state index in [4.69, 9.17) is 19.2 Å². The first kappa shape index (κ1) is 47.0. The Morgan fingerprint density at radius 3 is 2.32 bits per heavy atom. The maximum absolute atomic E-state index is 14.0. The number of piperazine rings is 1. The van der Waals surface area contributed by atoms with Gasteiger partial charge in [0.1, 0.15) is 23.7 Å². The molecule has 0 bridgehead atoms. The number of amides is 6. The molecule has 0 saturated carbocycles. The number of nitrogens with one attached hydrogen (secondary N) is 3. The van der Waals surface area contributed by atoms with Crippen molar-refractivity contribution in [1.29, 1.82) is 0 Å². The molecule has 5 aromatic rings. The van der Waals surface area contributed by atoms with E-state index in [9.17, 15) is 33.9 Å². The van der Waals surface area contributed by atoms with Crippen LogP contribution in [-0.2, 0) is 35.1 Å². The number of benzene rings is 3. The second-order valence-electron chi connectivity index (χ2n) is 16.8. The second kappa shape index (κ2) is 21.5. The number of hydrogen-bond donors (Lipinski definition) is 4. The highest BCUT2D eigenvalue weighted by atomic mass is 32.1. The van der Waals surface area contributed by atoms with E-state index in [1.165, 1.54) is 22.3 Å². The lowest BCUT2D eigenvalue weighted by Crippen LogP contribution is -2.54. The summed E-state index contributed by atoms with van der Waals surface area (Å²) < 4.78 is 17.2. The molecule has 9 rings (SSSR count). The molecule has 4 N–H and O–H groups in total. The van der Waals surface area contributed by atoms with Crippen LogP contribution in [0.25, 0.3) is 11.1 Å². The van der Waals surface area contributed by atoms with Crippen LogP contribution in [-0.4, -0.2) is 150 Å². The largest absolute Gasteiger partial charge is 0.508 e.